The Balaban J connectivity index is 3.30. The molecule has 1 aromatic heterocycles. The molecule has 0 saturated heterocycles. The molecule has 1 rings (SSSR count). The maximum atomic E-state index is 12.0. The number of nitrogens with zero attached hydrogens (tertiary/aromatic N) is 1. The smallest absolute Gasteiger partial charge is 0.330 e. The highest BCUT2D eigenvalue weighted by Gasteiger charge is 2.27. The Labute approximate surface area is 124 Å². The molecule has 0 aliphatic carbocycles. The van der Waals surface area contributed by atoms with E-state index in [1.807, 2.05) is 20.8 Å². The van der Waals surface area contributed by atoms with Crippen molar-refractivity contribution >= 4 is 11.5 Å². The normalized spacial score (nSPS) is 11.6. The highest BCUT2D eigenvalue weighted by atomic mass is 16.3. The predicted molar refractivity (Wildman–Crippen MR) is 84.7 cm³/mol. The summed E-state index contributed by atoms with van der Waals surface area (Å²) in [5.41, 5.74) is 4.48. The van der Waals surface area contributed by atoms with E-state index in [2.05, 4.69) is 10.3 Å². The summed E-state index contributed by atoms with van der Waals surface area (Å²) in [5, 5.41) is 12.6. The van der Waals surface area contributed by atoms with Crippen LogP contribution in [-0.2, 0) is 6.54 Å². The first-order valence-corrected chi connectivity index (χ1v) is 7.46. The van der Waals surface area contributed by atoms with Crippen LogP contribution in [0.5, 0.6) is 0 Å². The fourth-order valence-electron chi connectivity index (χ4n) is 2.20. The summed E-state index contributed by atoms with van der Waals surface area (Å²) in [6.07, 6.45) is 2.97. The number of nitrogens with two attached hydrogens (primary N) is 1. The fraction of sp³-hybridized carbons (Fsp3) is 0.714. The summed E-state index contributed by atoms with van der Waals surface area (Å²) in [7, 11) is 0. The second kappa shape index (κ2) is 7.31. The Morgan fingerprint density at radius 1 is 1.29 bits per heavy atom. The monoisotopic (exact) mass is 298 g/mol. The lowest BCUT2D eigenvalue weighted by Gasteiger charge is -2.32. The number of rotatable bonds is 8. The van der Waals surface area contributed by atoms with Gasteiger partial charge in [0.05, 0.1) is 12.1 Å². The van der Waals surface area contributed by atoms with Gasteiger partial charge >= 0.3 is 5.69 Å². The number of hydrogen-bond donors (Lipinski definition) is 4. The Morgan fingerprint density at radius 2 is 1.90 bits per heavy atom. The van der Waals surface area contributed by atoms with Crippen molar-refractivity contribution in [2.24, 2.45) is 0 Å². The van der Waals surface area contributed by atoms with E-state index < -0.39 is 16.8 Å². The molecule has 0 bridgehead atoms. The van der Waals surface area contributed by atoms with Crippen LogP contribution in [0.3, 0.4) is 0 Å². The lowest BCUT2D eigenvalue weighted by Crippen LogP contribution is -2.44. The number of aromatic nitrogens is 2. The van der Waals surface area contributed by atoms with Crippen LogP contribution < -0.4 is 22.3 Å². The van der Waals surface area contributed by atoms with Gasteiger partial charge in [-0.1, -0.05) is 27.2 Å². The highest BCUT2D eigenvalue weighted by Crippen LogP contribution is 2.22. The molecule has 0 aliphatic rings. The van der Waals surface area contributed by atoms with E-state index in [0.29, 0.717) is 19.4 Å². The fourth-order valence-corrected chi connectivity index (χ4v) is 2.20. The molecule has 7 nitrogen and oxygen atoms in total. The van der Waals surface area contributed by atoms with Gasteiger partial charge in [0.1, 0.15) is 11.5 Å². The molecule has 0 saturated carbocycles. The zero-order valence-corrected chi connectivity index (χ0v) is 13.0. The molecule has 0 unspecified atom stereocenters. The van der Waals surface area contributed by atoms with Gasteiger partial charge in [-0.25, -0.2) is 4.79 Å². The van der Waals surface area contributed by atoms with E-state index in [-0.39, 0.29) is 18.1 Å². The van der Waals surface area contributed by atoms with Gasteiger partial charge in [0, 0.05) is 6.54 Å². The molecular formula is C14H26N4O3. The molecule has 1 heterocycles. The van der Waals surface area contributed by atoms with E-state index in [9.17, 15) is 14.7 Å². The average Bonchev–Trinajstić information content (AvgIpc) is 2.48. The third-order valence-corrected chi connectivity index (χ3v) is 4.02. The van der Waals surface area contributed by atoms with Crippen LogP contribution in [0.2, 0.25) is 0 Å². The molecule has 21 heavy (non-hydrogen) atoms. The van der Waals surface area contributed by atoms with Gasteiger partial charge < -0.3 is 16.2 Å². The maximum absolute atomic E-state index is 12.0. The van der Waals surface area contributed by atoms with Crippen molar-refractivity contribution < 1.29 is 5.11 Å². The highest BCUT2D eigenvalue weighted by molar-refractivity contribution is 5.61. The molecule has 0 atom stereocenters. The third-order valence-electron chi connectivity index (χ3n) is 4.02. The van der Waals surface area contributed by atoms with Crippen LogP contribution in [0, 0.1) is 0 Å². The van der Waals surface area contributed by atoms with Crippen LogP contribution in [0.15, 0.2) is 9.59 Å². The summed E-state index contributed by atoms with van der Waals surface area (Å²) in [5.74, 6) is 0.122. The SMILES string of the molecule is CCCCn1c(N)c(NC(CC)(CC)CO)c(=O)[nH]c1=O. The molecule has 0 aromatic carbocycles. The van der Waals surface area contributed by atoms with Crippen molar-refractivity contribution in [2.75, 3.05) is 17.7 Å². The van der Waals surface area contributed by atoms with Crippen molar-refractivity contribution in [1.29, 1.82) is 0 Å². The average molecular weight is 298 g/mol. The van der Waals surface area contributed by atoms with Crippen molar-refractivity contribution in [3.63, 3.8) is 0 Å². The van der Waals surface area contributed by atoms with Gasteiger partial charge in [0.25, 0.3) is 5.56 Å². The molecule has 7 heteroatoms. The number of aliphatic hydroxyl groups is 1. The second-order valence-corrected chi connectivity index (χ2v) is 5.30. The number of H-pyrrole nitrogens is 1. The zero-order valence-electron chi connectivity index (χ0n) is 13.0. The number of nitrogens with one attached hydrogen (secondary N) is 2. The molecule has 0 amide bonds. The Bertz CT molecular complexity index is 564. The molecule has 5 N–H and O–H groups in total. The maximum Gasteiger partial charge on any atom is 0.330 e. The van der Waals surface area contributed by atoms with E-state index in [4.69, 9.17) is 5.73 Å². The van der Waals surface area contributed by atoms with E-state index in [1.165, 1.54) is 4.57 Å². The minimum atomic E-state index is -0.617. The minimum Gasteiger partial charge on any atom is -0.394 e. The third kappa shape index (κ3) is 3.66. The van der Waals surface area contributed by atoms with Gasteiger partial charge in [-0.2, -0.15) is 0 Å². The van der Waals surface area contributed by atoms with Crippen molar-refractivity contribution in [2.45, 2.75) is 58.5 Å². The number of nitrogen functional groups attached to an aromatic ring is 1. The van der Waals surface area contributed by atoms with Crippen molar-refractivity contribution in [3.05, 3.63) is 20.8 Å². The Morgan fingerprint density at radius 3 is 2.38 bits per heavy atom. The summed E-state index contributed by atoms with van der Waals surface area (Å²) < 4.78 is 1.36. The molecule has 1 aromatic rings. The Kier molecular flexibility index (Phi) is 6.02. The van der Waals surface area contributed by atoms with Crippen molar-refractivity contribution in [3.8, 4) is 0 Å². The van der Waals surface area contributed by atoms with Gasteiger partial charge in [0.15, 0.2) is 0 Å². The van der Waals surface area contributed by atoms with Crippen LogP contribution in [0.25, 0.3) is 0 Å². The lowest BCUT2D eigenvalue weighted by molar-refractivity contribution is 0.202. The summed E-state index contributed by atoms with van der Waals surface area (Å²) in [6.45, 7) is 6.19. The zero-order chi connectivity index (χ0) is 16.0. The molecule has 0 radical (unpaired) electrons. The summed E-state index contributed by atoms with van der Waals surface area (Å²) >= 11 is 0. The number of aromatic amines is 1. The predicted octanol–water partition coefficient (Wildman–Crippen LogP) is 0.882. The second-order valence-electron chi connectivity index (χ2n) is 5.30. The van der Waals surface area contributed by atoms with Gasteiger partial charge in [-0.05, 0) is 19.3 Å². The van der Waals surface area contributed by atoms with Gasteiger partial charge in [-0.15, -0.1) is 0 Å². The molecule has 0 spiro atoms. The molecule has 0 fully saturated rings. The molecular weight excluding hydrogens is 272 g/mol. The molecule has 120 valence electrons. The minimum absolute atomic E-state index is 0.118. The number of unbranched alkanes of at least 4 members (excludes halogenated alkanes) is 1. The first-order valence-electron chi connectivity index (χ1n) is 7.46. The van der Waals surface area contributed by atoms with Crippen molar-refractivity contribution in [1.82, 2.24) is 9.55 Å². The standard InChI is InChI=1S/C14H26N4O3/c1-4-7-8-18-11(15)10(12(20)16-13(18)21)17-14(5-2,6-3)9-19/h17,19H,4-9,15H2,1-3H3,(H,16,20,21). The van der Waals surface area contributed by atoms with Gasteiger partial charge in [-0.3, -0.25) is 14.3 Å². The van der Waals surface area contributed by atoms with Crippen LogP contribution >= 0.6 is 0 Å². The number of hydrogen-bond acceptors (Lipinski definition) is 5. The largest absolute Gasteiger partial charge is 0.394 e. The van der Waals surface area contributed by atoms with E-state index in [1.54, 1.807) is 0 Å². The molecule has 0 aliphatic heterocycles. The Hall–Kier alpha value is -1.76. The summed E-state index contributed by atoms with van der Waals surface area (Å²) in [4.78, 5) is 26.1. The summed E-state index contributed by atoms with van der Waals surface area (Å²) in [6, 6.07) is 0. The first kappa shape index (κ1) is 17.3. The van der Waals surface area contributed by atoms with Crippen LogP contribution in [0.4, 0.5) is 11.5 Å². The first-order chi connectivity index (χ1) is 9.94. The topological polar surface area (TPSA) is 113 Å². The van der Waals surface area contributed by atoms with Crippen LogP contribution in [-0.4, -0.2) is 26.8 Å². The number of aliphatic hydroxyl groups excluding tert-OH is 1. The van der Waals surface area contributed by atoms with E-state index in [0.717, 1.165) is 12.8 Å². The van der Waals surface area contributed by atoms with E-state index >= 15 is 0 Å². The van der Waals surface area contributed by atoms with Crippen LogP contribution in [0.1, 0.15) is 46.5 Å². The lowest BCUT2D eigenvalue weighted by atomic mass is 9.93. The number of anilines is 2. The van der Waals surface area contributed by atoms with Gasteiger partial charge in [0.2, 0.25) is 0 Å². The quantitative estimate of drug-likeness (QED) is 0.569.